The Balaban J connectivity index is 1.74. The van der Waals surface area contributed by atoms with E-state index < -0.39 is 6.04 Å². The third-order valence-electron chi connectivity index (χ3n) is 5.91. The molecule has 6 heteroatoms. The van der Waals surface area contributed by atoms with E-state index in [9.17, 15) is 14.7 Å². The van der Waals surface area contributed by atoms with E-state index in [4.69, 9.17) is 16.0 Å². The van der Waals surface area contributed by atoms with Crippen molar-refractivity contribution in [3.63, 3.8) is 0 Å². The number of aromatic hydroxyl groups is 1. The number of nitrogens with zero attached hydrogens (tertiary/aromatic N) is 1. The lowest BCUT2D eigenvalue weighted by Gasteiger charge is -2.25. The number of phenolic OH excluding ortho intramolecular Hbond substituents is 1. The number of carbonyl (C=O) groups is 1. The topological polar surface area (TPSA) is 70.8 Å². The molecule has 0 saturated heterocycles. The van der Waals surface area contributed by atoms with Crippen LogP contribution < -0.4 is 5.43 Å². The zero-order valence-corrected chi connectivity index (χ0v) is 18.3. The number of phenols is 1. The van der Waals surface area contributed by atoms with Gasteiger partial charge >= 0.3 is 0 Å². The highest BCUT2D eigenvalue weighted by Gasteiger charge is 2.42. The lowest BCUT2D eigenvalue weighted by atomic mass is 9.97. The molecule has 1 aromatic heterocycles. The van der Waals surface area contributed by atoms with Crippen LogP contribution in [-0.4, -0.2) is 15.9 Å². The molecule has 0 bridgehead atoms. The first-order valence-electron chi connectivity index (χ1n) is 10.3. The molecule has 5 nitrogen and oxygen atoms in total. The molecule has 1 aliphatic heterocycles. The van der Waals surface area contributed by atoms with Crippen LogP contribution in [0.2, 0.25) is 5.02 Å². The first-order valence-corrected chi connectivity index (χ1v) is 10.6. The van der Waals surface area contributed by atoms with Crippen LogP contribution in [0.25, 0.3) is 11.0 Å². The second kappa shape index (κ2) is 7.53. The second-order valence-corrected chi connectivity index (χ2v) is 8.59. The van der Waals surface area contributed by atoms with Crippen LogP contribution in [0, 0.1) is 13.8 Å². The van der Waals surface area contributed by atoms with Gasteiger partial charge in [0.15, 0.2) is 5.43 Å². The fraction of sp³-hybridized carbons (Fsp3) is 0.154. The number of hydrogen-bond acceptors (Lipinski definition) is 4. The predicted octanol–water partition coefficient (Wildman–Crippen LogP) is 5.51. The van der Waals surface area contributed by atoms with Crippen LogP contribution in [0.3, 0.4) is 0 Å². The highest BCUT2D eigenvalue weighted by Crippen LogP contribution is 2.40. The van der Waals surface area contributed by atoms with Crippen molar-refractivity contribution in [3.05, 3.63) is 109 Å². The van der Waals surface area contributed by atoms with E-state index in [2.05, 4.69) is 0 Å². The van der Waals surface area contributed by atoms with Crippen molar-refractivity contribution in [2.45, 2.75) is 26.4 Å². The maximum absolute atomic E-state index is 13.6. The molecule has 1 aliphatic rings. The standard InChI is InChI=1S/C26H20ClNO4/c1-14-6-8-16(9-7-14)13-28-23(17-4-3-5-18(29)11-17)22-24(30)19-12-20(27)15(2)10-21(19)32-25(22)26(28)31/h3-12,23,29H,13H2,1-2H3/t23-/m0/s1. The Kier molecular flexibility index (Phi) is 4.79. The van der Waals surface area contributed by atoms with Crippen LogP contribution in [0.4, 0.5) is 0 Å². The molecular formula is C26H20ClNO4. The molecule has 3 aromatic carbocycles. The molecule has 0 saturated carbocycles. The van der Waals surface area contributed by atoms with E-state index in [0.29, 0.717) is 28.1 Å². The molecule has 0 fully saturated rings. The van der Waals surface area contributed by atoms with E-state index >= 15 is 0 Å². The molecule has 1 amide bonds. The zero-order valence-electron chi connectivity index (χ0n) is 17.6. The molecule has 2 heterocycles. The SMILES string of the molecule is Cc1ccc(CN2C(=O)c3oc4cc(C)c(Cl)cc4c(=O)c3[C@@H]2c2cccc(O)c2)cc1. The molecule has 4 aromatic rings. The molecule has 5 rings (SSSR count). The summed E-state index contributed by atoms with van der Waals surface area (Å²) in [5.74, 6) is -0.271. The van der Waals surface area contributed by atoms with Gasteiger partial charge in [-0.3, -0.25) is 9.59 Å². The lowest BCUT2D eigenvalue weighted by molar-refractivity contribution is 0.0714. The van der Waals surface area contributed by atoms with Gasteiger partial charge in [0.25, 0.3) is 5.91 Å². The fourth-order valence-corrected chi connectivity index (χ4v) is 4.40. The Hall–Kier alpha value is -3.57. The molecule has 0 spiro atoms. The van der Waals surface area contributed by atoms with Crippen molar-refractivity contribution in [2.75, 3.05) is 0 Å². The summed E-state index contributed by atoms with van der Waals surface area (Å²) in [7, 11) is 0. The van der Waals surface area contributed by atoms with Crippen LogP contribution in [-0.2, 0) is 6.54 Å². The summed E-state index contributed by atoms with van der Waals surface area (Å²) in [5, 5.41) is 10.9. The Morgan fingerprint density at radius 3 is 2.50 bits per heavy atom. The molecule has 160 valence electrons. The van der Waals surface area contributed by atoms with Gasteiger partial charge in [-0.05, 0) is 54.8 Å². The second-order valence-electron chi connectivity index (χ2n) is 8.19. The van der Waals surface area contributed by atoms with Crippen molar-refractivity contribution < 1.29 is 14.3 Å². The molecule has 1 N–H and O–H groups in total. The van der Waals surface area contributed by atoms with Gasteiger partial charge in [0.05, 0.1) is 17.0 Å². The molecule has 0 aliphatic carbocycles. The summed E-state index contributed by atoms with van der Waals surface area (Å²) >= 11 is 6.27. The van der Waals surface area contributed by atoms with Gasteiger partial charge < -0.3 is 14.4 Å². The minimum Gasteiger partial charge on any atom is -0.508 e. The Morgan fingerprint density at radius 2 is 1.78 bits per heavy atom. The number of amides is 1. The summed E-state index contributed by atoms with van der Waals surface area (Å²) in [6.07, 6.45) is 0. The molecule has 0 radical (unpaired) electrons. The van der Waals surface area contributed by atoms with E-state index in [1.165, 1.54) is 0 Å². The van der Waals surface area contributed by atoms with Crippen molar-refractivity contribution in [1.29, 1.82) is 0 Å². The van der Waals surface area contributed by atoms with E-state index in [1.807, 2.05) is 38.1 Å². The third-order valence-corrected chi connectivity index (χ3v) is 6.31. The summed E-state index contributed by atoms with van der Waals surface area (Å²) < 4.78 is 5.99. The number of fused-ring (bicyclic) bond motifs is 2. The smallest absolute Gasteiger partial charge is 0.291 e. The monoisotopic (exact) mass is 445 g/mol. The fourth-order valence-electron chi connectivity index (χ4n) is 4.24. The van der Waals surface area contributed by atoms with Crippen molar-refractivity contribution in [1.82, 2.24) is 4.90 Å². The minimum atomic E-state index is -0.688. The number of carbonyl (C=O) groups excluding carboxylic acids is 1. The lowest BCUT2D eigenvalue weighted by Crippen LogP contribution is -2.29. The number of hydrogen-bond donors (Lipinski definition) is 1. The van der Waals surface area contributed by atoms with Gasteiger partial charge in [-0.15, -0.1) is 0 Å². The predicted molar refractivity (Wildman–Crippen MR) is 123 cm³/mol. The Morgan fingerprint density at radius 1 is 1.03 bits per heavy atom. The number of rotatable bonds is 3. The number of aryl methyl sites for hydroxylation is 2. The van der Waals surface area contributed by atoms with Crippen LogP contribution in [0.5, 0.6) is 5.75 Å². The van der Waals surface area contributed by atoms with Crippen LogP contribution in [0.15, 0.2) is 69.9 Å². The van der Waals surface area contributed by atoms with Crippen molar-refractivity contribution >= 4 is 28.5 Å². The van der Waals surface area contributed by atoms with Gasteiger partial charge in [0, 0.05) is 11.6 Å². The van der Waals surface area contributed by atoms with Crippen LogP contribution in [0.1, 0.15) is 44.4 Å². The quantitative estimate of drug-likeness (QED) is 0.451. The molecular weight excluding hydrogens is 426 g/mol. The van der Waals surface area contributed by atoms with Gasteiger partial charge in [0.2, 0.25) is 5.76 Å². The summed E-state index contributed by atoms with van der Waals surface area (Å²) in [6, 6.07) is 17.1. The minimum absolute atomic E-state index is 0.0321. The maximum Gasteiger partial charge on any atom is 0.291 e. The first-order chi connectivity index (χ1) is 15.3. The highest BCUT2D eigenvalue weighted by atomic mass is 35.5. The summed E-state index contributed by atoms with van der Waals surface area (Å²) in [4.78, 5) is 28.7. The highest BCUT2D eigenvalue weighted by molar-refractivity contribution is 6.32. The zero-order chi connectivity index (χ0) is 22.6. The van der Waals surface area contributed by atoms with Gasteiger partial charge in [-0.25, -0.2) is 0 Å². The van der Waals surface area contributed by atoms with Crippen molar-refractivity contribution in [3.8, 4) is 5.75 Å². The van der Waals surface area contributed by atoms with Gasteiger partial charge in [0.1, 0.15) is 11.3 Å². The van der Waals surface area contributed by atoms with E-state index in [1.54, 1.807) is 41.3 Å². The Bertz CT molecular complexity index is 1440. The van der Waals surface area contributed by atoms with Crippen molar-refractivity contribution in [2.24, 2.45) is 0 Å². The van der Waals surface area contributed by atoms with Gasteiger partial charge in [-0.1, -0.05) is 53.6 Å². The molecule has 1 atom stereocenters. The van der Waals surface area contributed by atoms with Crippen LogP contribution >= 0.6 is 11.6 Å². The molecule has 32 heavy (non-hydrogen) atoms. The molecule has 0 unspecified atom stereocenters. The average molecular weight is 446 g/mol. The summed E-state index contributed by atoms with van der Waals surface area (Å²) in [5.41, 5.74) is 3.73. The first kappa shape index (κ1) is 20.3. The van der Waals surface area contributed by atoms with Gasteiger partial charge in [-0.2, -0.15) is 0 Å². The van der Waals surface area contributed by atoms with E-state index in [0.717, 1.165) is 16.7 Å². The largest absolute Gasteiger partial charge is 0.508 e. The number of benzene rings is 3. The Labute approximate surface area is 189 Å². The maximum atomic E-state index is 13.6. The normalized spacial score (nSPS) is 15.4. The van der Waals surface area contributed by atoms with E-state index in [-0.39, 0.29) is 28.4 Å². The summed E-state index contributed by atoms with van der Waals surface area (Å²) in [6.45, 7) is 4.10. The average Bonchev–Trinajstić information content (AvgIpc) is 3.03. The third kappa shape index (κ3) is 3.26. The number of halogens is 1.